The van der Waals surface area contributed by atoms with Crippen LogP contribution < -0.4 is 10.5 Å². The second-order valence-electron chi connectivity index (χ2n) is 4.36. The molecular formula is C15H12Cl2FNO3. The Morgan fingerprint density at radius 1 is 1.23 bits per heavy atom. The van der Waals surface area contributed by atoms with Crippen LogP contribution in [0.25, 0.3) is 11.1 Å². The summed E-state index contributed by atoms with van der Waals surface area (Å²) in [7, 11) is 2.53. The van der Waals surface area contributed by atoms with Gasteiger partial charge in [0.25, 0.3) is 0 Å². The molecule has 0 saturated heterocycles. The zero-order chi connectivity index (χ0) is 16.4. The lowest BCUT2D eigenvalue weighted by atomic mass is 10.0. The minimum absolute atomic E-state index is 0.0486. The Morgan fingerprint density at radius 2 is 1.91 bits per heavy atom. The number of anilines is 1. The van der Waals surface area contributed by atoms with Crippen molar-refractivity contribution in [2.24, 2.45) is 0 Å². The van der Waals surface area contributed by atoms with E-state index >= 15 is 0 Å². The fraction of sp³-hybridized carbons (Fsp3) is 0.133. The van der Waals surface area contributed by atoms with E-state index in [1.54, 1.807) is 0 Å². The summed E-state index contributed by atoms with van der Waals surface area (Å²) in [5.41, 5.74) is 6.50. The van der Waals surface area contributed by atoms with E-state index < -0.39 is 11.8 Å². The molecule has 0 aliphatic heterocycles. The first kappa shape index (κ1) is 16.4. The summed E-state index contributed by atoms with van der Waals surface area (Å²) in [6.45, 7) is 0. The van der Waals surface area contributed by atoms with Crippen LogP contribution in [0, 0.1) is 5.82 Å². The zero-order valence-electron chi connectivity index (χ0n) is 11.7. The van der Waals surface area contributed by atoms with Crippen molar-refractivity contribution in [2.45, 2.75) is 0 Å². The number of benzene rings is 2. The van der Waals surface area contributed by atoms with Crippen molar-refractivity contribution in [3.8, 4) is 16.9 Å². The fourth-order valence-corrected chi connectivity index (χ4v) is 2.41. The Hall–Kier alpha value is -1.98. The Labute approximate surface area is 136 Å². The maximum atomic E-state index is 14.5. The average Bonchev–Trinajstić information content (AvgIpc) is 2.50. The smallest absolute Gasteiger partial charge is 0.339 e. The average molecular weight is 344 g/mol. The molecule has 2 N–H and O–H groups in total. The molecule has 22 heavy (non-hydrogen) atoms. The third kappa shape index (κ3) is 2.82. The standard InChI is InChI=1S/C15H12Cl2FNO3/c1-21-14-10(16)4-3-8(13(14)18)7-5-9(15(20)22-2)12(17)11(19)6-7/h3-6H,19H2,1-2H3. The lowest BCUT2D eigenvalue weighted by molar-refractivity contribution is 0.0601. The maximum Gasteiger partial charge on any atom is 0.339 e. The number of carbonyl (C=O) groups is 1. The third-order valence-corrected chi connectivity index (χ3v) is 3.79. The molecule has 0 atom stereocenters. The van der Waals surface area contributed by atoms with Crippen molar-refractivity contribution in [2.75, 3.05) is 20.0 Å². The fourth-order valence-electron chi connectivity index (χ4n) is 2.00. The highest BCUT2D eigenvalue weighted by atomic mass is 35.5. The molecule has 2 aromatic carbocycles. The highest BCUT2D eigenvalue weighted by Gasteiger charge is 2.19. The van der Waals surface area contributed by atoms with Crippen LogP contribution in [0.1, 0.15) is 10.4 Å². The minimum Gasteiger partial charge on any atom is -0.492 e. The van der Waals surface area contributed by atoms with Gasteiger partial charge >= 0.3 is 5.97 Å². The molecule has 0 heterocycles. The molecule has 0 spiro atoms. The van der Waals surface area contributed by atoms with Gasteiger partial charge in [0.15, 0.2) is 11.6 Å². The molecule has 0 radical (unpaired) electrons. The summed E-state index contributed by atoms with van der Waals surface area (Å²) in [6, 6.07) is 5.81. The number of carbonyl (C=O) groups excluding carboxylic acids is 1. The Morgan fingerprint density at radius 3 is 2.50 bits per heavy atom. The molecular weight excluding hydrogens is 332 g/mol. The van der Waals surface area contributed by atoms with E-state index in [2.05, 4.69) is 4.74 Å². The summed E-state index contributed by atoms with van der Waals surface area (Å²) < 4.78 is 24.0. The van der Waals surface area contributed by atoms with Crippen LogP contribution in [0.3, 0.4) is 0 Å². The van der Waals surface area contributed by atoms with Gasteiger partial charge in [-0.15, -0.1) is 0 Å². The number of nitrogen functional groups attached to an aromatic ring is 1. The molecule has 0 unspecified atom stereocenters. The summed E-state index contributed by atoms with van der Waals surface area (Å²) in [5, 5.41) is 0.191. The van der Waals surface area contributed by atoms with Crippen molar-refractivity contribution in [3.63, 3.8) is 0 Å². The van der Waals surface area contributed by atoms with Gasteiger partial charge < -0.3 is 15.2 Å². The predicted octanol–water partition coefficient (Wildman–Crippen LogP) is 4.18. The number of esters is 1. The van der Waals surface area contributed by atoms with Crippen LogP contribution in [0.5, 0.6) is 5.75 Å². The molecule has 7 heteroatoms. The lowest BCUT2D eigenvalue weighted by Crippen LogP contribution is -2.05. The normalized spacial score (nSPS) is 10.4. The largest absolute Gasteiger partial charge is 0.492 e. The predicted molar refractivity (Wildman–Crippen MR) is 84.2 cm³/mol. The molecule has 0 fully saturated rings. The minimum atomic E-state index is -0.667. The molecule has 0 aromatic heterocycles. The summed E-state index contributed by atoms with van der Waals surface area (Å²) in [4.78, 5) is 11.7. The molecule has 0 saturated carbocycles. The number of hydrogen-bond acceptors (Lipinski definition) is 4. The molecule has 4 nitrogen and oxygen atoms in total. The number of methoxy groups -OCH3 is 2. The summed E-state index contributed by atoms with van der Waals surface area (Å²) >= 11 is 11.8. The molecule has 0 amide bonds. The van der Waals surface area contributed by atoms with Crippen molar-refractivity contribution in [3.05, 3.63) is 45.7 Å². The van der Waals surface area contributed by atoms with Crippen LogP contribution in [-0.4, -0.2) is 20.2 Å². The van der Waals surface area contributed by atoms with Gasteiger partial charge in [-0.1, -0.05) is 23.2 Å². The van der Waals surface area contributed by atoms with Crippen molar-refractivity contribution in [1.82, 2.24) is 0 Å². The van der Waals surface area contributed by atoms with E-state index in [0.717, 1.165) is 0 Å². The van der Waals surface area contributed by atoms with E-state index in [9.17, 15) is 9.18 Å². The Bertz CT molecular complexity index is 750. The zero-order valence-corrected chi connectivity index (χ0v) is 13.3. The van der Waals surface area contributed by atoms with E-state index in [4.69, 9.17) is 33.7 Å². The molecule has 116 valence electrons. The quantitative estimate of drug-likeness (QED) is 0.670. The van der Waals surface area contributed by atoms with Gasteiger partial charge in [0.2, 0.25) is 0 Å². The van der Waals surface area contributed by atoms with Gasteiger partial charge in [0.1, 0.15) is 0 Å². The monoisotopic (exact) mass is 343 g/mol. The van der Waals surface area contributed by atoms with E-state index in [1.807, 2.05) is 0 Å². The molecule has 2 aromatic rings. The van der Waals surface area contributed by atoms with Crippen molar-refractivity contribution in [1.29, 1.82) is 0 Å². The number of hydrogen-bond donors (Lipinski definition) is 1. The Kier molecular flexibility index (Phi) is 4.78. The first-order valence-corrected chi connectivity index (χ1v) is 6.86. The van der Waals surface area contributed by atoms with Gasteiger partial charge in [-0.05, 0) is 29.8 Å². The van der Waals surface area contributed by atoms with Crippen LogP contribution in [-0.2, 0) is 4.74 Å². The number of halogens is 3. The van der Waals surface area contributed by atoms with E-state index in [-0.39, 0.29) is 32.6 Å². The second-order valence-corrected chi connectivity index (χ2v) is 5.15. The van der Waals surface area contributed by atoms with Crippen LogP contribution in [0.2, 0.25) is 10.0 Å². The molecule has 0 aliphatic rings. The molecule has 2 rings (SSSR count). The van der Waals surface area contributed by atoms with Crippen LogP contribution in [0.4, 0.5) is 10.1 Å². The van der Waals surface area contributed by atoms with Crippen molar-refractivity contribution < 1.29 is 18.7 Å². The Balaban J connectivity index is 2.69. The first-order valence-electron chi connectivity index (χ1n) is 6.10. The van der Waals surface area contributed by atoms with Gasteiger partial charge in [-0.25, -0.2) is 9.18 Å². The van der Waals surface area contributed by atoms with E-state index in [1.165, 1.54) is 38.5 Å². The highest BCUT2D eigenvalue weighted by Crippen LogP contribution is 2.37. The topological polar surface area (TPSA) is 61.5 Å². The highest BCUT2D eigenvalue weighted by molar-refractivity contribution is 6.36. The number of nitrogens with two attached hydrogens (primary N) is 1. The van der Waals surface area contributed by atoms with Gasteiger partial charge in [0, 0.05) is 5.56 Å². The maximum absolute atomic E-state index is 14.5. The number of ether oxygens (including phenoxy) is 2. The summed E-state index contributed by atoms with van der Waals surface area (Å²) in [6.07, 6.45) is 0. The van der Waals surface area contributed by atoms with Gasteiger partial charge in [0.05, 0.1) is 35.5 Å². The van der Waals surface area contributed by atoms with Gasteiger partial charge in [-0.2, -0.15) is 0 Å². The third-order valence-electron chi connectivity index (χ3n) is 3.07. The SMILES string of the molecule is COC(=O)c1cc(-c2ccc(Cl)c(OC)c2F)cc(N)c1Cl. The number of rotatable bonds is 3. The lowest BCUT2D eigenvalue weighted by Gasteiger charge is -2.12. The molecule has 0 aliphatic carbocycles. The first-order chi connectivity index (χ1) is 10.4. The molecule has 0 bridgehead atoms. The van der Waals surface area contributed by atoms with Crippen LogP contribution >= 0.6 is 23.2 Å². The van der Waals surface area contributed by atoms with Crippen molar-refractivity contribution >= 4 is 34.9 Å². The summed E-state index contributed by atoms with van der Waals surface area (Å²) in [5.74, 6) is -1.42. The van der Waals surface area contributed by atoms with Crippen LogP contribution in [0.15, 0.2) is 24.3 Å². The second kappa shape index (κ2) is 6.42. The van der Waals surface area contributed by atoms with E-state index in [0.29, 0.717) is 5.56 Å². The van der Waals surface area contributed by atoms with Gasteiger partial charge in [-0.3, -0.25) is 0 Å².